The van der Waals surface area contributed by atoms with Crippen LogP contribution in [-0.2, 0) is 0 Å². The van der Waals surface area contributed by atoms with Crippen molar-refractivity contribution in [3.63, 3.8) is 0 Å². The molecule has 23 heavy (non-hydrogen) atoms. The van der Waals surface area contributed by atoms with Crippen LogP contribution in [0.2, 0.25) is 0 Å². The highest BCUT2D eigenvalue weighted by Gasteiger charge is 2.25. The summed E-state index contributed by atoms with van der Waals surface area (Å²) in [6.07, 6.45) is 12.6. The van der Waals surface area contributed by atoms with E-state index in [4.69, 9.17) is 4.74 Å². The van der Waals surface area contributed by atoms with Crippen LogP contribution in [0.25, 0.3) is 10.9 Å². The summed E-state index contributed by atoms with van der Waals surface area (Å²) in [6, 6.07) is 5.63. The highest BCUT2D eigenvalue weighted by Crippen LogP contribution is 2.30. The molecule has 0 radical (unpaired) electrons. The molecular weight excluding hydrogens is 286 g/mol. The van der Waals surface area contributed by atoms with Gasteiger partial charge >= 0.3 is 0 Å². The molecule has 2 fully saturated rings. The van der Waals surface area contributed by atoms with Gasteiger partial charge < -0.3 is 10.1 Å². The molecule has 0 saturated heterocycles. The number of aryl methyl sites for hydroxylation is 1. The van der Waals surface area contributed by atoms with Crippen LogP contribution in [0.5, 0.6) is 5.75 Å². The topological polar surface area (TPSA) is 49.9 Å². The zero-order valence-electron chi connectivity index (χ0n) is 14.0. The normalized spacial score (nSPS) is 26.0. The van der Waals surface area contributed by atoms with Crippen LogP contribution in [0.1, 0.15) is 56.9 Å². The van der Waals surface area contributed by atoms with Crippen molar-refractivity contribution < 1.29 is 4.74 Å². The first-order chi connectivity index (χ1) is 11.3. The Balaban J connectivity index is 1.34. The van der Waals surface area contributed by atoms with Crippen molar-refractivity contribution in [1.82, 2.24) is 15.5 Å². The number of nitrogens with one attached hydrogen (secondary N) is 2. The highest BCUT2D eigenvalue weighted by molar-refractivity contribution is 5.83. The van der Waals surface area contributed by atoms with Gasteiger partial charge in [-0.25, -0.2) is 0 Å². The highest BCUT2D eigenvalue weighted by atomic mass is 16.5. The summed E-state index contributed by atoms with van der Waals surface area (Å²) in [7, 11) is 0. The van der Waals surface area contributed by atoms with Crippen molar-refractivity contribution in [2.24, 2.45) is 0 Å². The number of hydrogen-bond donors (Lipinski definition) is 2. The van der Waals surface area contributed by atoms with E-state index >= 15 is 0 Å². The molecule has 2 aromatic rings. The van der Waals surface area contributed by atoms with E-state index in [1.54, 1.807) is 0 Å². The Kier molecular flexibility index (Phi) is 4.25. The number of H-pyrrole nitrogens is 1. The summed E-state index contributed by atoms with van der Waals surface area (Å²) in [6.45, 7) is 2.13. The minimum absolute atomic E-state index is 0.361. The van der Waals surface area contributed by atoms with Gasteiger partial charge in [0.2, 0.25) is 0 Å². The van der Waals surface area contributed by atoms with Crippen LogP contribution in [0.3, 0.4) is 0 Å². The molecule has 0 atom stereocenters. The largest absolute Gasteiger partial charge is 0.490 e. The molecular formula is C19H27N3O. The summed E-state index contributed by atoms with van der Waals surface area (Å²) in [5.74, 6) is 1.02. The Bertz CT molecular complexity index is 652. The van der Waals surface area contributed by atoms with E-state index in [-0.39, 0.29) is 0 Å². The summed E-state index contributed by atoms with van der Waals surface area (Å²) in [5, 5.41) is 12.2. The van der Waals surface area contributed by atoms with Gasteiger partial charge in [-0.3, -0.25) is 5.10 Å². The van der Waals surface area contributed by atoms with Crippen LogP contribution < -0.4 is 10.1 Å². The molecule has 0 bridgehead atoms. The van der Waals surface area contributed by atoms with E-state index in [9.17, 15) is 0 Å². The number of nitrogens with zero attached hydrogens (tertiary/aromatic N) is 1. The molecule has 2 saturated carbocycles. The van der Waals surface area contributed by atoms with Crippen molar-refractivity contribution in [1.29, 1.82) is 0 Å². The molecule has 2 aliphatic rings. The predicted molar refractivity (Wildman–Crippen MR) is 92.9 cm³/mol. The quantitative estimate of drug-likeness (QED) is 0.893. The number of hydrogen-bond acceptors (Lipinski definition) is 3. The van der Waals surface area contributed by atoms with Crippen molar-refractivity contribution in [2.45, 2.75) is 76.5 Å². The van der Waals surface area contributed by atoms with E-state index in [0.717, 1.165) is 30.1 Å². The minimum Gasteiger partial charge on any atom is -0.490 e. The lowest BCUT2D eigenvalue weighted by molar-refractivity contribution is 0.136. The zero-order valence-corrected chi connectivity index (χ0v) is 14.0. The van der Waals surface area contributed by atoms with E-state index in [2.05, 4.69) is 34.6 Å². The predicted octanol–water partition coefficient (Wildman–Crippen LogP) is 4.09. The van der Waals surface area contributed by atoms with Crippen LogP contribution in [0.4, 0.5) is 0 Å². The Hall–Kier alpha value is -1.55. The summed E-state index contributed by atoms with van der Waals surface area (Å²) >= 11 is 0. The van der Waals surface area contributed by atoms with E-state index in [0.29, 0.717) is 12.1 Å². The molecule has 124 valence electrons. The zero-order chi connectivity index (χ0) is 15.6. The van der Waals surface area contributed by atoms with Crippen LogP contribution in [0.15, 0.2) is 18.3 Å². The lowest BCUT2D eigenvalue weighted by Gasteiger charge is -2.31. The van der Waals surface area contributed by atoms with Gasteiger partial charge in [0.15, 0.2) is 0 Å². The van der Waals surface area contributed by atoms with E-state index < -0.39 is 0 Å². The van der Waals surface area contributed by atoms with Gasteiger partial charge in [-0.2, -0.15) is 5.10 Å². The first-order valence-electron chi connectivity index (χ1n) is 9.15. The molecule has 4 rings (SSSR count). The van der Waals surface area contributed by atoms with Crippen LogP contribution in [0, 0.1) is 6.92 Å². The first-order valence-corrected chi connectivity index (χ1v) is 9.15. The van der Waals surface area contributed by atoms with Crippen molar-refractivity contribution in [3.8, 4) is 5.75 Å². The number of aromatic amines is 1. The SMILES string of the molecule is Cc1c(O[C@H]2CC[C@@H](NC3CCCC3)CC2)ccc2[nH]ncc12. The average Bonchev–Trinajstić information content (AvgIpc) is 3.23. The molecule has 0 spiro atoms. The van der Waals surface area contributed by atoms with E-state index in [1.165, 1.54) is 49.5 Å². The van der Waals surface area contributed by atoms with Gasteiger partial charge in [0, 0.05) is 23.0 Å². The second-order valence-corrected chi connectivity index (χ2v) is 7.26. The maximum Gasteiger partial charge on any atom is 0.123 e. The third kappa shape index (κ3) is 3.23. The van der Waals surface area contributed by atoms with Gasteiger partial charge in [-0.1, -0.05) is 12.8 Å². The Morgan fingerprint density at radius 3 is 2.57 bits per heavy atom. The number of benzene rings is 1. The Morgan fingerprint density at radius 2 is 1.78 bits per heavy atom. The maximum atomic E-state index is 6.31. The molecule has 1 aromatic carbocycles. The van der Waals surface area contributed by atoms with Crippen molar-refractivity contribution >= 4 is 10.9 Å². The fraction of sp³-hybridized carbons (Fsp3) is 0.632. The molecule has 2 aliphatic carbocycles. The summed E-state index contributed by atoms with van der Waals surface area (Å²) < 4.78 is 6.31. The fourth-order valence-corrected chi connectivity index (χ4v) is 4.22. The van der Waals surface area contributed by atoms with Crippen LogP contribution in [-0.4, -0.2) is 28.4 Å². The summed E-state index contributed by atoms with van der Waals surface area (Å²) in [4.78, 5) is 0. The maximum absolute atomic E-state index is 6.31. The summed E-state index contributed by atoms with van der Waals surface area (Å²) in [5.41, 5.74) is 2.28. The first kappa shape index (κ1) is 15.0. The Labute approximate surface area is 138 Å². The third-order valence-corrected chi connectivity index (χ3v) is 5.64. The minimum atomic E-state index is 0.361. The molecule has 0 unspecified atom stereocenters. The fourth-order valence-electron chi connectivity index (χ4n) is 4.22. The molecule has 4 heteroatoms. The second-order valence-electron chi connectivity index (χ2n) is 7.26. The van der Waals surface area contributed by atoms with Gasteiger partial charge in [0.25, 0.3) is 0 Å². The number of rotatable bonds is 4. The standard InChI is InChI=1S/C19H27N3O/c1-13-17-12-20-22-18(17)10-11-19(13)23-16-8-6-15(7-9-16)21-14-4-2-3-5-14/h10-12,14-16,21H,2-9H2,1H3,(H,20,22)/t15-,16+. The van der Waals surface area contributed by atoms with Gasteiger partial charge in [-0.05, 0) is 57.6 Å². The lowest BCUT2D eigenvalue weighted by Crippen LogP contribution is -2.41. The molecule has 2 N–H and O–H groups in total. The number of ether oxygens (including phenoxy) is 1. The number of fused-ring (bicyclic) bond motifs is 1. The molecule has 4 nitrogen and oxygen atoms in total. The van der Waals surface area contributed by atoms with Crippen molar-refractivity contribution in [3.05, 3.63) is 23.9 Å². The second kappa shape index (κ2) is 6.52. The molecule has 0 amide bonds. The Morgan fingerprint density at radius 1 is 1.04 bits per heavy atom. The van der Waals surface area contributed by atoms with Crippen molar-refractivity contribution in [2.75, 3.05) is 0 Å². The number of aromatic nitrogens is 2. The molecule has 1 aromatic heterocycles. The third-order valence-electron chi connectivity index (χ3n) is 5.64. The van der Waals surface area contributed by atoms with E-state index in [1.807, 2.05) is 6.20 Å². The van der Waals surface area contributed by atoms with Gasteiger partial charge in [0.05, 0.1) is 17.8 Å². The van der Waals surface area contributed by atoms with Gasteiger partial charge in [-0.15, -0.1) is 0 Å². The molecule has 1 heterocycles. The monoisotopic (exact) mass is 313 g/mol. The smallest absolute Gasteiger partial charge is 0.123 e. The molecule has 0 aliphatic heterocycles. The average molecular weight is 313 g/mol. The van der Waals surface area contributed by atoms with Crippen LogP contribution >= 0.6 is 0 Å². The lowest BCUT2D eigenvalue weighted by atomic mass is 9.92. The van der Waals surface area contributed by atoms with Gasteiger partial charge in [0.1, 0.15) is 5.75 Å².